The van der Waals surface area contributed by atoms with E-state index in [1.54, 1.807) is 7.11 Å². The van der Waals surface area contributed by atoms with E-state index in [1.807, 2.05) is 41.3 Å². The fourth-order valence-corrected chi connectivity index (χ4v) is 3.27. The normalized spacial score (nSPS) is 12.9. The largest absolute Gasteiger partial charge is 0.497 e. The Hall–Kier alpha value is -3.02. The van der Waals surface area contributed by atoms with Crippen molar-refractivity contribution in [1.29, 1.82) is 0 Å². The van der Waals surface area contributed by atoms with E-state index >= 15 is 0 Å². The molecule has 28 heavy (non-hydrogen) atoms. The van der Waals surface area contributed by atoms with E-state index in [9.17, 15) is 9.59 Å². The van der Waals surface area contributed by atoms with Gasteiger partial charge in [-0.15, -0.1) is 0 Å². The SMILES string of the molecule is COc1ccc(OCCN(CC(=O)N2CCc3ccccc3C2)C(C)=O)cc1. The molecule has 1 aliphatic rings. The van der Waals surface area contributed by atoms with Crippen LogP contribution >= 0.6 is 0 Å². The molecule has 0 atom stereocenters. The van der Waals surface area contributed by atoms with Gasteiger partial charge in [0.05, 0.1) is 20.2 Å². The van der Waals surface area contributed by atoms with Crippen LogP contribution in [0.5, 0.6) is 11.5 Å². The Morgan fingerprint density at radius 1 is 1.04 bits per heavy atom. The van der Waals surface area contributed by atoms with E-state index < -0.39 is 0 Å². The number of carbonyl (C=O) groups excluding carboxylic acids is 2. The molecule has 0 aliphatic carbocycles. The van der Waals surface area contributed by atoms with Crippen LogP contribution in [0.1, 0.15) is 18.1 Å². The number of hydrogen-bond donors (Lipinski definition) is 0. The van der Waals surface area contributed by atoms with Gasteiger partial charge in [-0.05, 0) is 41.8 Å². The van der Waals surface area contributed by atoms with Gasteiger partial charge in [-0.25, -0.2) is 0 Å². The third-order valence-electron chi connectivity index (χ3n) is 4.94. The number of carbonyl (C=O) groups is 2. The minimum absolute atomic E-state index is 0.0332. The average Bonchev–Trinajstić information content (AvgIpc) is 2.73. The van der Waals surface area contributed by atoms with Crippen LogP contribution < -0.4 is 9.47 Å². The van der Waals surface area contributed by atoms with Gasteiger partial charge in [-0.1, -0.05) is 24.3 Å². The van der Waals surface area contributed by atoms with E-state index in [0.717, 1.165) is 12.2 Å². The quantitative estimate of drug-likeness (QED) is 0.738. The van der Waals surface area contributed by atoms with Crippen LogP contribution in [-0.2, 0) is 22.6 Å². The van der Waals surface area contributed by atoms with E-state index in [2.05, 4.69) is 12.1 Å². The number of benzene rings is 2. The minimum Gasteiger partial charge on any atom is -0.497 e. The molecule has 148 valence electrons. The molecule has 3 rings (SSSR count). The Morgan fingerprint density at radius 3 is 2.39 bits per heavy atom. The van der Waals surface area contributed by atoms with Gasteiger partial charge in [0.1, 0.15) is 18.1 Å². The molecule has 2 amide bonds. The van der Waals surface area contributed by atoms with Gasteiger partial charge < -0.3 is 19.3 Å². The first-order valence-corrected chi connectivity index (χ1v) is 9.43. The molecular weight excluding hydrogens is 356 g/mol. The molecule has 0 aromatic heterocycles. The fraction of sp³-hybridized carbons (Fsp3) is 0.364. The summed E-state index contributed by atoms with van der Waals surface area (Å²) in [7, 11) is 1.61. The Morgan fingerprint density at radius 2 is 1.71 bits per heavy atom. The first-order valence-electron chi connectivity index (χ1n) is 9.43. The molecule has 0 unspecified atom stereocenters. The third-order valence-corrected chi connectivity index (χ3v) is 4.94. The summed E-state index contributed by atoms with van der Waals surface area (Å²) < 4.78 is 10.8. The van der Waals surface area contributed by atoms with Crippen molar-refractivity contribution in [3.63, 3.8) is 0 Å². The molecule has 6 nitrogen and oxygen atoms in total. The number of fused-ring (bicyclic) bond motifs is 1. The number of hydrogen-bond acceptors (Lipinski definition) is 4. The highest BCUT2D eigenvalue weighted by atomic mass is 16.5. The maximum atomic E-state index is 12.7. The number of nitrogens with zero attached hydrogens (tertiary/aromatic N) is 2. The molecule has 1 aliphatic heterocycles. The van der Waals surface area contributed by atoms with Crippen molar-refractivity contribution in [2.75, 3.05) is 33.4 Å². The summed E-state index contributed by atoms with van der Waals surface area (Å²) in [5.74, 6) is 1.29. The van der Waals surface area contributed by atoms with Gasteiger partial charge in [0.2, 0.25) is 11.8 Å². The maximum Gasteiger partial charge on any atom is 0.242 e. The standard InChI is InChI=1S/C22H26N2O4/c1-17(25)23(13-14-28-21-9-7-20(27-2)8-10-21)16-22(26)24-12-11-18-5-3-4-6-19(18)15-24/h3-10H,11-16H2,1-2H3. The molecule has 0 saturated carbocycles. The van der Waals surface area contributed by atoms with Crippen LogP contribution in [-0.4, -0.2) is 55.0 Å². The highest BCUT2D eigenvalue weighted by Gasteiger charge is 2.23. The van der Waals surface area contributed by atoms with Gasteiger partial charge in [-0.3, -0.25) is 9.59 Å². The van der Waals surface area contributed by atoms with E-state index in [4.69, 9.17) is 9.47 Å². The van der Waals surface area contributed by atoms with Crippen LogP contribution in [0, 0.1) is 0 Å². The van der Waals surface area contributed by atoms with Crippen molar-refractivity contribution in [2.45, 2.75) is 19.9 Å². The van der Waals surface area contributed by atoms with Crippen LogP contribution in [0.4, 0.5) is 0 Å². The summed E-state index contributed by atoms with van der Waals surface area (Å²) in [6, 6.07) is 15.4. The molecule has 6 heteroatoms. The van der Waals surface area contributed by atoms with Gasteiger partial charge in [0.25, 0.3) is 0 Å². The van der Waals surface area contributed by atoms with E-state index in [-0.39, 0.29) is 18.4 Å². The van der Waals surface area contributed by atoms with Crippen molar-refractivity contribution < 1.29 is 19.1 Å². The van der Waals surface area contributed by atoms with Crippen molar-refractivity contribution in [3.05, 3.63) is 59.7 Å². The third kappa shape index (κ3) is 5.03. The van der Waals surface area contributed by atoms with Crippen molar-refractivity contribution in [1.82, 2.24) is 9.80 Å². The Bertz CT molecular complexity index is 820. The number of methoxy groups -OCH3 is 1. The molecule has 0 bridgehead atoms. The number of amides is 2. The average molecular weight is 382 g/mol. The molecule has 0 N–H and O–H groups in total. The second-order valence-electron chi connectivity index (χ2n) is 6.80. The summed E-state index contributed by atoms with van der Waals surface area (Å²) >= 11 is 0. The van der Waals surface area contributed by atoms with Gasteiger partial charge in [0.15, 0.2) is 0 Å². The smallest absolute Gasteiger partial charge is 0.242 e. The molecule has 2 aromatic carbocycles. The molecule has 0 fully saturated rings. The van der Waals surface area contributed by atoms with Gasteiger partial charge in [-0.2, -0.15) is 0 Å². The Labute approximate surface area is 165 Å². The maximum absolute atomic E-state index is 12.7. The van der Waals surface area contributed by atoms with E-state index in [1.165, 1.54) is 23.0 Å². The van der Waals surface area contributed by atoms with Gasteiger partial charge >= 0.3 is 0 Å². The van der Waals surface area contributed by atoms with Crippen molar-refractivity contribution in [2.24, 2.45) is 0 Å². The summed E-state index contributed by atoms with van der Waals surface area (Å²) in [4.78, 5) is 28.0. The Balaban J connectivity index is 1.51. The lowest BCUT2D eigenvalue weighted by atomic mass is 10.00. The summed E-state index contributed by atoms with van der Waals surface area (Å²) in [5.41, 5.74) is 2.47. The monoisotopic (exact) mass is 382 g/mol. The zero-order valence-electron chi connectivity index (χ0n) is 16.4. The predicted molar refractivity (Wildman–Crippen MR) is 106 cm³/mol. The number of rotatable bonds is 7. The molecular formula is C22H26N2O4. The van der Waals surface area contributed by atoms with Crippen LogP contribution in [0.2, 0.25) is 0 Å². The fourth-order valence-electron chi connectivity index (χ4n) is 3.27. The number of ether oxygens (including phenoxy) is 2. The lowest BCUT2D eigenvalue weighted by Crippen LogP contribution is -2.45. The van der Waals surface area contributed by atoms with Crippen molar-refractivity contribution in [3.8, 4) is 11.5 Å². The lowest BCUT2D eigenvalue weighted by Gasteiger charge is -2.31. The van der Waals surface area contributed by atoms with Crippen LogP contribution in [0.15, 0.2) is 48.5 Å². The van der Waals surface area contributed by atoms with E-state index in [0.29, 0.717) is 32.0 Å². The zero-order chi connectivity index (χ0) is 19.9. The summed E-state index contributed by atoms with van der Waals surface area (Å²) in [5, 5.41) is 0. The zero-order valence-corrected chi connectivity index (χ0v) is 16.4. The molecule has 0 saturated heterocycles. The Kier molecular flexibility index (Phi) is 6.53. The topological polar surface area (TPSA) is 59.1 Å². The highest BCUT2D eigenvalue weighted by molar-refractivity contribution is 5.84. The second kappa shape index (κ2) is 9.26. The van der Waals surface area contributed by atoms with Gasteiger partial charge in [0, 0.05) is 20.0 Å². The molecule has 0 spiro atoms. The summed E-state index contributed by atoms with van der Waals surface area (Å²) in [6.45, 7) is 3.52. The van der Waals surface area contributed by atoms with Crippen LogP contribution in [0.3, 0.4) is 0 Å². The highest BCUT2D eigenvalue weighted by Crippen LogP contribution is 2.19. The predicted octanol–water partition coefficient (Wildman–Crippen LogP) is 2.51. The second-order valence-corrected chi connectivity index (χ2v) is 6.80. The lowest BCUT2D eigenvalue weighted by molar-refractivity contribution is -0.140. The first-order chi connectivity index (χ1) is 13.6. The molecule has 0 radical (unpaired) electrons. The minimum atomic E-state index is -0.135. The first kappa shape index (κ1) is 19.7. The molecule has 2 aromatic rings. The van der Waals surface area contributed by atoms with Crippen molar-refractivity contribution >= 4 is 11.8 Å². The molecule has 1 heterocycles. The summed E-state index contributed by atoms with van der Waals surface area (Å²) in [6.07, 6.45) is 0.850. The van der Waals surface area contributed by atoms with Crippen LogP contribution in [0.25, 0.3) is 0 Å².